The summed E-state index contributed by atoms with van der Waals surface area (Å²) in [5, 5.41) is 8.47. The molecule has 0 amide bonds. The predicted octanol–water partition coefficient (Wildman–Crippen LogP) is -0.232. The van der Waals surface area contributed by atoms with Gasteiger partial charge in [-0.25, -0.2) is 13.1 Å². The molecule has 1 rings (SSSR count). The van der Waals surface area contributed by atoms with E-state index in [1.54, 1.807) is 0 Å². The van der Waals surface area contributed by atoms with Gasteiger partial charge in [-0.2, -0.15) is 0 Å². The van der Waals surface area contributed by atoms with Gasteiger partial charge >= 0.3 is 0 Å². The first kappa shape index (κ1) is 14.8. The van der Waals surface area contributed by atoms with Crippen LogP contribution in [0.1, 0.15) is 17.0 Å². The van der Waals surface area contributed by atoms with Gasteiger partial charge in [-0.3, -0.25) is 4.79 Å². The molecule has 0 bridgehead atoms. The molecule has 0 aliphatic rings. The van der Waals surface area contributed by atoms with Crippen LogP contribution in [-0.2, 0) is 14.8 Å². The highest BCUT2D eigenvalue weighted by Gasteiger charge is 2.23. The summed E-state index contributed by atoms with van der Waals surface area (Å²) in [6.07, 6.45) is 0.633. The van der Waals surface area contributed by atoms with Crippen molar-refractivity contribution in [3.63, 3.8) is 0 Å². The molecule has 0 saturated carbocycles. The molecule has 0 radical (unpaired) electrons. The van der Waals surface area contributed by atoms with Crippen LogP contribution in [0, 0.1) is 0 Å². The van der Waals surface area contributed by atoms with Crippen LogP contribution in [0.4, 0.5) is 0 Å². The van der Waals surface area contributed by atoms with E-state index in [1.807, 2.05) is 0 Å². The number of hydrogen-bond acceptors (Lipinski definition) is 6. The van der Waals surface area contributed by atoms with Crippen LogP contribution in [0.2, 0.25) is 0 Å². The minimum Gasteiger partial charge on any atom is -0.440 e. The Balaban J connectivity index is 2.82. The Morgan fingerprint density at radius 2 is 2.28 bits per heavy atom. The lowest BCUT2D eigenvalue weighted by Crippen LogP contribution is -2.38. The number of hydrogen-bond donors (Lipinski definition) is 2. The van der Waals surface area contributed by atoms with Gasteiger partial charge in [-0.05, 0) is 18.6 Å². The van der Waals surface area contributed by atoms with Crippen molar-refractivity contribution in [2.75, 3.05) is 20.3 Å². The third-order valence-electron chi connectivity index (χ3n) is 2.15. The lowest BCUT2D eigenvalue weighted by molar-refractivity contribution is 0.109. The summed E-state index contributed by atoms with van der Waals surface area (Å²) >= 11 is 0. The SMILES string of the molecule is COCC(CCO)NS(=O)(=O)c1ccc(C=O)o1. The van der Waals surface area contributed by atoms with E-state index in [0.29, 0.717) is 6.29 Å². The van der Waals surface area contributed by atoms with E-state index in [0.717, 1.165) is 0 Å². The summed E-state index contributed by atoms with van der Waals surface area (Å²) in [4.78, 5) is 10.4. The van der Waals surface area contributed by atoms with Crippen molar-refractivity contribution in [2.45, 2.75) is 17.6 Å². The van der Waals surface area contributed by atoms with Gasteiger partial charge in [0.25, 0.3) is 10.0 Å². The highest BCUT2D eigenvalue weighted by atomic mass is 32.2. The molecule has 1 atom stereocenters. The van der Waals surface area contributed by atoms with E-state index in [-0.39, 0.29) is 30.5 Å². The lowest BCUT2D eigenvalue weighted by Gasteiger charge is -2.15. The predicted molar refractivity (Wildman–Crippen MR) is 61.8 cm³/mol. The van der Waals surface area contributed by atoms with Gasteiger partial charge in [0, 0.05) is 19.8 Å². The van der Waals surface area contributed by atoms with Gasteiger partial charge in [-0.15, -0.1) is 0 Å². The van der Waals surface area contributed by atoms with E-state index in [1.165, 1.54) is 19.2 Å². The zero-order chi connectivity index (χ0) is 13.6. The largest absolute Gasteiger partial charge is 0.440 e. The molecule has 18 heavy (non-hydrogen) atoms. The zero-order valence-corrected chi connectivity index (χ0v) is 10.6. The van der Waals surface area contributed by atoms with Crippen molar-refractivity contribution >= 4 is 16.3 Å². The number of aldehydes is 1. The second-order valence-electron chi connectivity index (χ2n) is 3.56. The van der Waals surface area contributed by atoms with E-state index >= 15 is 0 Å². The smallest absolute Gasteiger partial charge is 0.274 e. The summed E-state index contributed by atoms with van der Waals surface area (Å²) in [6, 6.07) is 1.89. The number of aliphatic hydroxyl groups excluding tert-OH is 1. The number of carbonyl (C=O) groups is 1. The normalized spacial score (nSPS) is 13.4. The van der Waals surface area contributed by atoms with Crippen LogP contribution in [-0.4, -0.2) is 46.2 Å². The molecule has 102 valence electrons. The number of methoxy groups -OCH3 is 1. The van der Waals surface area contributed by atoms with E-state index in [2.05, 4.69) is 4.72 Å². The van der Waals surface area contributed by atoms with Crippen molar-refractivity contribution in [1.29, 1.82) is 0 Å². The highest BCUT2D eigenvalue weighted by molar-refractivity contribution is 7.89. The van der Waals surface area contributed by atoms with Crippen LogP contribution < -0.4 is 4.72 Å². The molecule has 1 aromatic rings. The Labute approximate surface area is 105 Å². The number of sulfonamides is 1. The second-order valence-corrected chi connectivity index (χ2v) is 5.21. The molecular weight excluding hydrogens is 262 g/mol. The molecule has 0 saturated heterocycles. The van der Waals surface area contributed by atoms with Gasteiger partial charge < -0.3 is 14.3 Å². The molecule has 1 heterocycles. The van der Waals surface area contributed by atoms with E-state index in [4.69, 9.17) is 14.3 Å². The molecule has 1 aromatic heterocycles. The maximum Gasteiger partial charge on any atom is 0.274 e. The Hall–Kier alpha value is -1.22. The molecule has 0 spiro atoms. The van der Waals surface area contributed by atoms with Crippen LogP contribution in [0.25, 0.3) is 0 Å². The standard InChI is InChI=1S/C10H15NO6S/c1-16-7-8(4-5-12)11-18(14,15)10-3-2-9(6-13)17-10/h2-3,6,8,11-12H,4-5,7H2,1H3. The van der Waals surface area contributed by atoms with Gasteiger partial charge in [-0.1, -0.05) is 0 Å². The van der Waals surface area contributed by atoms with Gasteiger partial charge in [0.2, 0.25) is 5.09 Å². The first-order valence-electron chi connectivity index (χ1n) is 5.20. The van der Waals surface area contributed by atoms with Crippen molar-refractivity contribution in [1.82, 2.24) is 4.72 Å². The van der Waals surface area contributed by atoms with Crippen LogP contribution in [0.3, 0.4) is 0 Å². The summed E-state index contributed by atoms with van der Waals surface area (Å²) in [7, 11) is -2.43. The lowest BCUT2D eigenvalue weighted by atomic mass is 10.2. The summed E-state index contributed by atoms with van der Waals surface area (Å²) < 4.78 is 35.7. The Kier molecular flexibility index (Phi) is 5.48. The first-order chi connectivity index (χ1) is 8.53. The molecular formula is C10H15NO6S. The Morgan fingerprint density at radius 3 is 2.78 bits per heavy atom. The fourth-order valence-corrected chi connectivity index (χ4v) is 2.55. The molecule has 0 aliphatic heterocycles. The van der Waals surface area contributed by atoms with Gasteiger partial charge in [0.15, 0.2) is 12.0 Å². The van der Waals surface area contributed by atoms with Crippen molar-refractivity contribution in [3.05, 3.63) is 17.9 Å². The van der Waals surface area contributed by atoms with Gasteiger partial charge in [0.1, 0.15) is 0 Å². The van der Waals surface area contributed by atoms with E-state index in [9.17, 15) is 13.2 Å². The van der Waals surface area contributed by atoms with Crippen molar-refractivity contribution in [2.24, 2.45) is 0 Å². The summed E-state index contributed by atoms with van der Waals surface area (Å²) in [5.41, 5.74) is 0. The fraction of sp³-hybridized carbons (Fsp3) is 0.500. The monoisotopic (exact) mass is 277 g/mol. The first-order valence-corrected chi connectivity index (χ1v) is 6.69. The third kappa shape index (κ3) is 3.91. The minimum absolute atomic E-state index is 0.0687. The quantitative estimate of drug-likeness (QED) is 0.636. The van der Waals surface area contributed by atoms with Crippen LogP contribution in [0.5, 0.6) is 0 Å². The number of furan rings is 1. The molecule has 0 aromatic carbocycles. The average molecular weight is 277 g/mol. The Morgan fingerprint density at radius 1 is 1.56 bits per heavy atom. The maximum absolute atomic E-state index is 11.9. The number of carbonyl (C=O) groups excluding carboxylic acids is 1. The molecule has 0 fully saturated rings. The van der Waals surface area contributed by atoms with Crippen LogP contribution in [0.15, 0.2) is 21.6 Å². The van der Waals surface area contributed by atoms with Crippen LogP contribution >= 0.6 is 0 Å². The molecule has 8 heteroatoms. The molecule has 1 unspecified atom stereocenters. The third-order valence-corrected chi connectivity index (χ3v) is 3.54. The number of aliphatic hydroxyl groups is 1. The summed E-state index contributed by atoms with van der Waals surface area (Å²) in [6.45, 7) is -0.0463. The van der Waals surface area contributed by atoms with Crippen molar-refractivity contribution in [3.8, 4) is 0 Å². The van der Waals surface area contributed by atoms with Gasteiger partial charge in [0.05, 0.1) is 6.61 Å². The fourth-order valence-electron chi connectivity index (χ4n) is 1.35. The molecule has 7 nitrogen and oxygen atoms in total. The number of ether oxygens (including phenoxy) is 1. The second kappa shape index (κ2) is 6.64. The number of rotatable bonds is 8. The zero-order valence-electron chi connectivity index (χ0n) is 9.83. The average Bonchev–Trinajstić information content (AvgIpc) is 2.78. The highest BCUT2D eigenvalue weighted by Crippen LogP contribution is 2.13. The van der Waals surface area contributed by atoms with Crippen molar-refractivity contribution < 1.29 is 27.5 Å². The number of nitrogens with one attached hydrogen (secondary N) is 1. The maximum atomic E-state index is 11.9. The Bertz CT molecular complexity index is 474. The topological polar surface area (TPSA) is 106 Å². The summed E-state index contributed by atoms with van der Waals surface area (Å²) in [5.74, 6) is -0.0687. The molecule has 2 N–H and O–H groups in total. The molecule has 0 aliphatic carbocycles. The van der Waals surface area contributed by atoms with E-state index < -0.39 is 16.1 Å². The minimum atomic E-state index is -3.86.